The smallest absolute Gasteiger partial charge is 0.266 e. The number of aliphatic imine (C=N–C) groups is 1. The van der Waals surface area contributed by atoms with Crippen molar-refractivity contribution in [2.75, 3.05) is 38.8 Å². The Labute approximate surface area is 238 Å². The van der Waals surface area contributed by atoms with E-state index in [1.54, 1.807) is 19.1 Å². The van der Waals surface area contributed by atoms with E-state index in [2.05, 4.69) is 34.1 Å². The molecule has 0 atom stereocenters. The predicted molar refractivity (Wildman–Crippen MR) is 164 cm³/mol. The molecule has 0 radical (unpaired) electrons. The topological polar surface area (TPSA) is 70.2 Å². The maximum absolute atomic E-state index is 13.8. The lowest BCUT2D eigenvalue weighted by Gasteiger charge is -2.19. The predicted octanol–water partition coefficient (Wildman–Crippen LogP) is 6.63. The zero-order chi connectivity index (χ0) is 27.5. The lowest BCUT2D eigenvalue weighted by molar-refractivity contribution is -0.122. The fraction of sp³-hybridized carbons (Fsp3) is 0.250. The minimum absolute atomic E-state index is 0.0530. The molecule has 2 fully saturated rings. The summed E-state index contributed by atoms with van der Waals surface area (Å²) in [6.07, 6.45) is 7.09. The van der Waals surface area contributed by atoms with Crippen LogP contribution in [0.3, 0.4) is 0 Å². The number of carbonyl (C=O) groups excluding carboxylic acids is 1. The molecule has 1 amide bonds. The number of nitrogens with zero attached hydrogens (tertiary/aromatic N) is 3. The molecule has 2 aliphatic heterocycles. The van der Waals surface area contributed by atoms with Crippen LogP contribution in [0.15, 0.2) is 82.8 Å². The van der Waals surface area contributed by atoms with Crippen molar-refractivity contribution in [1.29, 1.82) is 0 Å². The minimum atomic E-state index is -0.0530. The molecule has 2 aliphatic rings. The van der Waals surface area contributed by atoms with Crippen molar-refractivity contribution >= 4 is 51.2 Å². The van der Waals surface area contributed by atoms with Gasteiger partial charge in [0.05, 0.1) is 24.8 Å². The number of rotatable bonds is 8. The number of nitrogens with one attached hydrogen (secondary N) is 1. The van der Waals surface area contributed by atoms with Gasteiger partial charge in [-0.2, -0.15) is 0 Å². The van der Waals surface area contributed by atoms with Crippen molar-refractivity contribution in [2.24, 2.45) is 4.99 Å². The van der Waals surface area contributed by atoms with Gasteiger partial charge in [-0.05, 0) is 85.1 Å². The molecule has 0 bridgehead atoms. The molecule has 2 saturated heterocycles. The van der Waals surface area contributed by atoms with E-state index in [-0.39, 0.29) is 5.91 Å². The van der Waals surface area contributed by atoms with Gasteiger partial charge in [0.25, 0.3) is 5.91 Å². The Balaban J connectivity index is 1.31. The van der Waals surface area contributed by atoms with Gasteiger partial charge in [0.1, 0.15) is 11.5 Å². The van der Waals surface area contributed by atoms with Gasteiger partial charge in [0.15, 0.2) is 5.17 Å². The Kier molecular flexibility index (Phi) is 7.51. The highest BCUT2D eigenvalue weighted by atomic mass is 32.2. The lowest BCUT2D eigenvalue weighted by Crippen LogP contribution is -2.31. The third-order valence-corrected chi connectivity index (χ3v) is 8.45. The van der Waals surface area contributed by atoms with Gasteiger partial charge >= 0.3 is 0 Å². The molecule has 3 heterocycles. The van der Waals surface area contributed by atoms with Gasteiger partial charge in [-0.15, -0.1) is 0 Å². The number of H-pyrrole nitrogens is 1. The number of hydrogen-bond acceptors (Lipinski definition) is 6. The molecule has 6 rings (SSSR count). The first-order valence-corrected chi connectivity index (χ1v) is 14.4. The number of benzene rings is 3. The maximum atomic E-state index is 13.8. The van der Waals surface area contributed by atoms with E-state index in [0.29, 0.717) is 23.0 Å². The second-order valence-corrected chi connectivity index (χ2v) is 10.9. The summed E-state index contributed by atoms with van der Waals surface area (Å²) in [6, 6.07) is 22.0. The first kappa shape index (κ1) is 26.1. The second kappa shape index (κ2) is 11.5. The van der Waals surface area contributed by atoms with Crippen LogP contribution in [-0.4, -0.2) is 54.8 Å². The Morgan fingerprint density at radius 3 is 2.58 bits per heavy atom. The van der Waals surface area contributed by atoms with E-state index in [1.807, 2.05) is 54.7 Å². The van der Waals surface area contributed by atoms with E-state index in [1.165, 1.54) is 35.6 Å². The summed E-state index contributed by atoms with van der Waals surface area (Å²) in [5, 5.41) is 1.84. The van der Waals surface area contributed by atoms with E-state index in [9.17, 15) is 4.79 Å². The fourth-order valence-corrected chi connectivity index (χ4v) is 6.27. The number of carbonyl (C=O) groups is 1. The maximum Gasteiger partial charge on any atom is 0.266 e. The third-order valence-electron chi connectivity index (χ3n) is 7.44. The Morgan fingerprint density at radius 1 is 1.00 bits per heavy atom. The molecule has 3 aromatic carbocycles. The highest BCUT2D eigenvalue weighted by Crippen LogP contribution is 2.37. The number of amidine groups is 1. The highest BCUT2D eigenvalue weighted by molar-refractivity contribution is 8.18. The van der Waals surface area contributed by atoms with Crippen LogP contribution >= 0.6 is 11.8 Å². The van der Waals surface area contributed by atoms with Crippen molar-refractivity contribution < 1.29 is 14.3 Å². The molecule has 1 aromatic heterocycles. The van der Waals surface area contributed by atoms with Crippen LogP contribution in [0.2, 0.25) is 0 Å². The van der Waals surface area contributed by atoms with Crippen LogP contribution in [0.4, 0.5) is 11.4 Å². The number of para-hydroxylation sites is 1. The molecular weight excluding hydrogens is 520 g/mol. The molecule has 1 N–H and O–H groups in total. The minimum Gasteiger partial charge on any atom is -0.497 e. The van der Waals surface area contributed by atoms with Crippen molar-refractivity contribution in [3.05, 3.63) is 89.0 Å². The standard InChI is InChI=1S/C32H32N4O3S/c1-38-26-13-10-24(11-14-26)34-32-36(18-15-23-21-33-28-8-4-3-7-27(23)28)31(37)30(40-32)19-22-9-12-25(20-29(22)39-2)35-16-5-6-17-35/h3-4,7-14,19-21,33H,5-6,15-18H2,1-2H3. The van der Waals surface area contributed by atoms with Crippen molar-refractivity contribution in [3.8, 4) is 11.5 Å². The molecule has 7 nitrogen and oxygen atoms in total. The normalized spacial score (nSPS) is 17.5. The average molecular weight is 553 g/mol. The quantitative estimate of drug-likeness (QED) is 0.249. The number of methoxy groups -OCH3 is 2. The highest BCUT2D eigenvalue weighted by Gasteiger charge is 2.33. The van der Waals surface area contributed by atoms with Crippen molar-refractivity contribution in [3.63, 3.8) is 0 Å². The summed E-state index contributed by atoms with van der Waals surface area (Å²) < 4.78 is 11.0. The van der Waals surface area contributed by atoms with E-state index in [4.69, 9.17) is 14.5 Å². The van der Waals surface area contributed by atoms with Crippen LogP contribution in [0.5, 0.6) is 11.5 Å². The number of aromatic amines is 1. The molecule has 8 heteroatoms. The first-order chi connectivity index (χ1) is 19.6. The van der Waals surface area contributed by atoms with Gasteiger partial charge in [0, 0.05) is 54.1 Å². The number of anilines is 1. The number of aromatic nitrogens is 1. The number of amides is 1. The van der Waals surface area contributed by atoms with Gasteiger partial charge < -0.3 is 19.4 Å². The van der Waals surface area contributed by atoms with Crippen molar-refractivity contribution in [1.82, 2.24) is 9.88 Å². The summed E-state index contributed by atoms with van der Waals surface area (Å²) >= 11 is 1.40. The Hall–Kier alpha value is -4.17. The summed E-state index contributed by atoms with van der Waals surface area (Å²) in [7, 11) is 3.32. The second-order valence-electron chi connectivity index (χ2n) is 9.89. The number of hydrogen-bond donors (Lipinski definition) is 1. The number of ether oxygens (including phenoxy) is 2. The molecular formula is C32H32N4O3S. The van der Waals surface area contributed by atoms with E-state index in [0.717, 1.165) is 47.0 Å². The Morgan fingerprint density at radius 2 is 1.80 bits per heavy atom. The summed E-state index contributed by atoms with van der Waals surface area (Å²) in [5.74, 6) is 1.47. The number of fused-ring (bicyclic) bond motifs is 1. The van der Waals surface area contributed by atoms with E-state index < -0.39 is 0 Å². The molecule has 4 aromatic rings. The largest absolute Gasteiger partial charge is 0.497 e. The van der Waals surface area contributed by atoms with Gasteiger partial charge in [0.2, 0.25) is 0 Å². The summed E-state index contributed by atoms with van der Waals surface area (Å²) in [5.41, 5.74) is 5.07. The monoisotopic (exact) mass is 552 g/mol. The summed E-state index contributed by atoms with van der Waals surface area (Å²) in [6.45, 7) is 2.65. The van der Waals surface area contributed by atoms with Crippen LogP contribution in [0.25, 0.3) is 17.0 Å². The summed E-state index contributed by atoms with van der Waals surface area (Å²) in [4.78, 5) is 26.8. The molecule has 0 saturated carbocycles. The van der Waals surface area contributed by atoms with Gasteiger partial charge in [-0.25, -0.2) is 4.99 Å². The van der Waals surface area contributed by atoms with E-state index >= 15 is 0 Å². The van der Waals surface area contributed by atoms with Crippen LogP contribution in [0, 0.1) is 0 Å². The molecule has 204 valence electrons. The molecule has 0 unspecified atom stereocenters. The SMILES string of the molecule is COc1ccc(N=C2SC(=Cc3ccc(N4CCCC4)cc3OC)C(=O)N2CCc2c[nH]c3ccccc23)cc1. The third kappa shape index (κ3) is 5.31. The molecule has 40 heavy (non-hydrogen) atoms. The zero-order valence-electron chi connectivity index (χ0n) is 22.7. The zero-order valence-corrected chi connectivity index (χ0v) is 23.5. The first-order valence-electron chi connectivity index (χ1n) is 13.5. The number of thioether (sulfide) groups is 1. The fourth-order valence-electron chi connectivity index (χ4n) is 5.26. The van der Waals surface area contributed by atoms with Gasteiger partial charge in [-0.3, -0.25) is 9.69 Å². The molecule has 0 spiro atoms. The average Bonchev–Trinajstić information content (AvgIpc) is 3.73. The van der Waals surface area contributed by atoms with Crippen molar-refractivity contribution in [2.45, 2.75) is 19.3 Å². The van der Waals surface area contributed by atoms with Crippen LogP contribution in [-0.2, 0) is 11.2 Å². The van der Waals surface area contributed by atoms with Gasteiger partial charge in [-0.1, -0.05) is 18.2 Å². The lowest BCUT2D eigenvalue weighted by atomic mass is 10.1. The van der Waals surface area contributed by atoms with Crippen LogP contribution in [0.1, 0.15) is 24.0 Å². The Bertz CT molecular complexity index is 1590. The van der Waals surface area contributed by atoms with Crippen LogP contribution < -0.4 is 14.4 Å². The molecule has 0 aliphatic carbocycles.